The molecule has 5 nitrogen and oxygen atoms in total. The van der Waals surface area contributed by atoms with Crippen LogP contribution in [0.25, 0.3) is 0 Å². The summed E-state index contributed by atoms with van der Waals surface area (Å²) < 4.78 is 0. The molecule has 1 rings (SSSR count). The Labute approximate surface area is 120 Å². The van der Waals surface area contributed by atoms with Crippen molar-refractivity contribution in [3.8, 4) is 0 Å². The summed E-state index contributed by atoms with van der Waals surface area (Å²) in [5.41, 5.74) is 1.73. The Morgan fingerprint density at radius 1 is 1.15 bits per heavy atom. The minimum atomic E-state index is -0.0915. The third kappa shape index (κ3) is 5.01. The summed E-state index contributed by atoms with van der Waals surface area (Å²) >= 11 is 0. The van der Waals surface area contributed by atoms with Gasteiger partial charge in [-0.3, -0.25) is 14.5 Å². The maximum Gasteiger partial charge on any atom is 0.251 e. The van der Waals surface area contributed by atoms with Crippen LogP contribution in [0.2, 0.25) is 0 Å². The maximum absolute atomic E-state index is 11.6. The molecule has 0 fully saturated rings. The summed E-state index contributed by atoms with van der Waals surface area (Å²) in [6, 6.07) is 7.44. The number of amides is 2. The average molecular weight is 277 g/mol. The standard InChI is InChI=1S/C15H23N3O2/c1-4-17-14(19)11-18(5-2)10-12-6-8-13(9-7-12)15(20)16-3/h6-9H,4-5,10-11H2,1-3H3,(H,16,20)(H,17,19). The van der Waals surface area contributed by atoms with Gasteiger partial charge in [0.05, 0.1) is 6.54 Å². The van der Waals surface area contributed by atoms with Crippen LogP contribution >= 0.6 is 0 Å². The van der Waals surface area contributed by atoms with E-state index in [1.54, 1.807) is 19.2 Å². The fourth-order valence-electron chi connectivity index (χ4n) is 1.90. The number of hydrogen-bond acceptors (Lipinski definition) is 3. The Bertz CT molecular complexity index is 443. The highest BCUT2D eigenvalue weighted by Crippen LogP contribution is 2.07. The fraction of sp³-hybridized carbons (Fsp3) is 0.467. The topological polar surface area (TPSA) is 61.4 Å². The first kappa shape index (κ1) is 16.2. The lowest BCUT2D eigenvalue weighted by Crippen LogP contribution is -2.36. The van der Waals surface area contributed by atoms with Gasteiger partial charge in [-0.1, -0.05) is 19.1 Å². The number of nitrogens with one attached hydrogen (secondary N) is 2. The largest absolute Gasteiger partial charge is 0.355 e. The predicted octanol–water partition coefficient (Wildman–Crippen LogP) is 1.00. The Hall–Kier alpha value is -1.88. The van der Waals surface area contributed by atoms with Crippen molar-refractivity contribution in [2.75, 3.05) is 26.7 Å². The molecule has 0 aromatic heterocycles. The quantitative estimate of drug-likeness (QED) is 0.782. The van der Waals surface area contributed by atoms with Gasteiger partial charge in [0, 0.05) is 25.7 Å². The van der Waals surface area contributed by atoms with E-state index in [0.717, 1.165) is 12.1 Å². The van der Waals surface area contributed by atoms with Gasteiger partial charge in [-0.25, -0.2) is 0 Å². The molecule has 0 radical (unpaired) electrons. The van der Waals surface area contributed by atoms with Crippen molar-refractivity contribution in [1.82, 2.24) is 15.5 Å². The number of nitrogens with zero attached hydrogens (tertiary/aromatic N) is 1. The molecule has 0 unspecified atom stereocenters. The van der Waals surface area contributed by atoms with Gasteiger partial charge in [0.2, 0.25) is 5.91 Å². The molecule has 0 aliphatic heterocycles. The van der Waals surface area contributed by atoms with Crippen LogP contribution in [-0.2, 0) is 11.3 Å². The first-order valence-electron chi connectivity index (χ1n) is 6.90. The fourth-order valence-corrected chi connectivity index (χ4v) is 1.90. The summed E-state index contributed by atoms with van der Waals surface area (Å²) in [7, 11) is 1.61. The van der Waals surface area contributed by atoms with E-state index < -0.39 is 0 Å². The number of carbonyl (C=O) groups is 2. The van der Waals surface area contributed by atoms with E-state index in [1.807, 2.05) is 26.0 Å². The number of likely N-dealkylation sites (N-methyl/N-ethyl adjacent to an activating group) is 2. The van der Waals surface area contributed by atoms with Crippen LogP contribution in [0.3, 0.4) is 0 Å². The van der Waals surface area contributed by atoms with Crippen molar-refractivity contribution in [2.24, 2.45) is 0 Å². The number of carbonyl (C=O) groups excluding carboxylic acids is 2. The molecule has 5 heteroatoms. The van der Waals surface area contributed by atoms with Crippen LogP contribution in [0.5, 0.6) is 0 Å². The second-order valence-electron chi connectivity index (χ2n) is 4.53. The van der Waals surface area contributed by atoms with E-state index in [9.17, 15) is 9.59 Å². The molecule has 0 bridgehead atoms. The molecule has 0 aliphatic rings. The van der Waals surface area contributed by atoms with Gasteiger partial charge in [-0.15, -0.1) is 0 Å². The molecule has 0 saturated carbocycles. The summed E-state index contributed by atoms with van der Waals surface area (Å²) in [5.74, 6) is -0.0532. The van der Waals surface area contributed by atoms with Crippen LogP contribution in [-0.4, -0.2) is 43.4 Å². The molecule has 2 N–H and O–H groups in total. The average Bonchev–Trinajstić information content (AvgIpc) is 2.46. The number of rotatable bonds is 7. The van der Waals surface area contributed by atoms with Crippen LogP contribution < -0.4 is 10.6 Å². The molecule has 1 aromatic carbocycles. The van der Waals surface area contributed by atoms with Gasteiger partial charge < -0.3 is 10.6 Å². The van der Waals surface area contributed by atoms with Gasteiger partial charge in [0.15, 0.2) is 0 Å². The Kier molecular flexibility index (Phi) is 6.73. The molecule has 20 heavy (non-hydrogen) atoms. The normalized spacial score (nSPS) is 10.4. The minimum Gasteiger partial charge on any atom is -0.355 e. The number of benzene rings is 1. The van der Waals surface area contributed by atoms with Crippen molar-refractivity contribution in [1.29, 1.82) is 0 Å². The van der Waals surface area contributed by atoms with Crippen molar-refractivity contribution >= 4 is 11.8 Å². The zero-order chi connectivity index (χ0) is 15.0. The highest BCUT2D eigenvalue weighted by molar-refractivity contribution is 5.93. The Balaban J connectivity index is 2.61. The second kappa shape index (κ2) is 8.32. The van der Waals surface area contributed by atoms with Crippen LogP contribution in [0.15, 0.2) is 24.3 Å². The van der Waals surface area contributed by atoms with E-state index in [-0.39, 0.29) is 11.8 Å². The molecule has 2 amide bonds. The van der Waals surface area contributed by atoms with Gasteiger partial charge in [0.25, 0.3) is 5.91 Å². The van der Waals surface area contributed by atoms with Gasteiger partial charge in [0.1, 0.15) is 0 Å². The minimum absolute atomic E-state index is 0.0383. The van der Waals surface area contributed by atoms with Crippen LogP contribution in [0.4, 0.5) is 0 Å². The second-order valence-corrected chi connectivity index (χ2v) is 4.53. The zero-order valence-electron chi connectivity index (χ0n) is 12.4. The molecule has 0 heterocycles. The molecule has 0 aliphatic carbocycles. The molecule has 0 atom stereocenters. The van der Waals surface area contributed by atoms with E-state index >= 15 is 0 Å². The maximum atomic E-state index is 11.6. The molecular weight excluding hydrogens is 254 g/mol. The summed E-state index contributed by atoms with van der Waals surface area (Å²) in [6.45, 7) is 6.47. The molecular formula is C15H23N3O2. The highest BCUT2D eigenvalue weighted by atomic mass is 16.2. The molecule has 0 saturated heterocycles. The van der Waals surface area contributed by atoms with Crippen molar-refractivity contribution in [2.45, 2.75) is 20.4 Å². The Morgan fingerprint density at radius 3 is 2.30 bits per heavy atom. The molecule has 1 aromatic rings. The summed E-state index contributed by atoms with van der Waals surface area (Å²) in [4.78, 5) is 25.1. The number of hydrogen-bond donors (Lipinski definition) is 2. The first-order chi connectivity index (χ1) is 9.60. The first-order valence-corrected chi connectivity index (χ1v) is 6.90. The van der Waals surface area contributed by atoms with Gasteiger partial charge >= 0.3 is 0 Å². The van der Waals surface area contributed by atoms with Gasteiger partial charge in [-0.2, -0.15) is 0 Å². The lowest BCUT2D eigenvalue weighted by Gasteiger charge is -2.19. The van der Waals surface area contributed by atoms with E-state index in [2.05, 4.69) is 15.5 Å². The lowest BCUT2D eigenvalue weighted by molar-refractivity contribution is -0.122. The Morgan fingerprint density at radius 2 is 1.80 bits per heavy atom. The summed E-state index contributed by atoms with van der Waals surface area (Å²) in [5, 5.41) is 5.38. The zero-order valence-corrected chi connectivity index (χ0v) is 12.4. The third-order valence-electron chi connectivity index (χ3n) is 3.04. The smallest absolute Gasteiger partial charge is 0.251 e. The SMILES string of the molecule is CCNC(=O)CN(CC)Cc1ccc(C(=O)NC)cc1. The predicted molar refractivity (Wildman–Crippen MR) is 79.5 cm³/mol. The van der Waals surface area contributed by atoms with E-state index in [1.165, 1.54) is 0 Å². The lowest BCUT2D eigenvalue weighted by atomic mass is 10.1. The van der Waals surface area contributed by atoms with Crippen LogP contribution in [0, 0.1) is 0 Å². The van der Waals surface area contributed by atoms with Crippen molar-refractivity contribution in [3.05, 3.63) is 35.4 Å². The highest BCUT2D eigenvalue weighted by Gasteiger charge is 2.09. The van der Waals surface area contributed by atoms with Crippen molar-refractivity contribution < 1.29 is 9.59 Å². The van der Waals surface area contributed by atoms with Crippen LogP contribution in [0.1, 0.15) is 29.8 Å². The van der Waals surface area contributed by atoms with Gasteiger partial charge in [-0.05, 0) is 31.2 Å². The molecule has 0 spiro atoms. The summed E-state index contributed by atoms with van der Waals surface area (Å²) in [6.07, 6.45) is 0. The molecule has 110 valence electrons. The van der Waals surface area contributed by atoms with Crippen molar-refractivity contribution in [3.63, 3.8) is 0 Å². The third-order valence-corrected chi connectivity index (χ3v) is 3.04. The van der Waals surface area contributed by atoms with E-state index in [0.29, 0.717) is 25.2 Å². The van der Waals surface area contributed by atoms with E-state index in [4.69, 9.17) is 0 Å². The monoisotopic (exact) mass is 277 g/mol.